The van der Waals surface area contributed by atoms with Crippen LogP contribution in [0.15, 0.2) is 18.2 Å². The summed E-state index contributed by atoms with van der Waals surface area (Å²) in [5, 5.41) is 0. The second-order valence-corrected chi connectivity index (χ2v) is 3.83. The maximum Gasteiger partial charge on any atom is 0.228 e. The molecule has 0 bridgehead atoms. The molecule has 1 fully saturated rings. The third kappa shape index (κ3) is 2.72. The second-order valence-electron chi connectivity index (χ2n) is 3.83. The molecule has 0 heterocycles. The van der Waals surface area contributed by atoms with Gasteiger partial charge in [0, 0.05) is 6.07 Å². The number of hydrogen-bond donors (Lipinski definition) is 0. The molecule has 0 spiro atoms. The molecule has 0 amide bonds. The molecule has 0 radical (unpaired) electrons. The Bertz CT molecular complexity index is 375. The van der Waals surface area contributed by atoms with Crippen molar-refractivity contribution < 1.29 is 18.7 Å². The SMILES string of the molecule is O=Cc1ccc(OCC2CC2)cc1OCF. The van der Waals surface area contributed by atoms with Crippen molar-refractivity contribution in [2.45, 2.75) is 12.8 Å². The summed E-state index contributed by atoms with van der Waals surface area (Å²) in [5.41, 5.74) is 0.330. The number of ether oxygens (including phenoxy) is 2. The predicted octanol–water partition coefficient (Wildman–Crippen LogP) is 2.59. The van der Waals surface area contributed by atoms with Crippen LogP contribution in [0.2, 0.25) is 0 Å². The highest BCUT2D eigenvalue weighted by Gasteiger charge is 2.22. The summed E-state index contributed by atoms with van der Waals surface area (Å²) in [6.07, 6.45) is 3.05. The van der Waals surface area contributed by atoms with Crippen molar-refractivity contribution in [2.75, 3.05) is 13.5 Å². The highest BCUT2D eigenvalue weighted by atomic mass is 19.1. The smallest absolute Gasteiger partial charge is 0.228 e. The van der Waals surface area contributed by atoms with Gasteiger partial charge in [-0.2, -0.15) is 0 Å². The lowest BCUT2D eigenvalue weighted by atomic mass is 10.2. The zero-order chi connectivity index (χ0) is 11.4. The van der Waals surface area contributed by atoms with E-state index in [-0.39, 0.29) is 5.75 Å². The first-order valence-electron chi connectivity index (χ1n) is 5.24. The van der Waals surface area contributed by atoms with E-state index in [0.717, 1.165) is 0 Å². The van der Waals surface area contributed by atoms with Gasteiger partial charge < -0.3 is 9.47 Å². The normalized spacial score (nSPS) is 14.6. The van der Waals surface area contributed by atoms with E-state index in [1.165, 1.54) is 12.8 Å². The molecular weight excluding hydrogens is 211 g/mol. The Kier molecular flexibility index (Phi) is 3.39. The largest absolute Gasteiger partial charge is 0.493 e. The molecule has 0 aromatic heterocycles. The summed E-state index contributed by atoms with van der Waals surface area (Å²) in [4.78, 5) is 10.6. The van der Waals surface area contributed by atoms with E-state index in [4.69, 9.17) is 9.47 Å². The van der Waals surface area contributed by atoms with Crippen LogP contribution in [0, 0.1) is 5.92 Å². The van der Waals surface area contributed by atoms with E-state index in [1.807, 2.05) is 0 Å². The van der Waals surface area contributed by atoms with E-state index < -0.39 is 6.86 Å². The van der Waals surface area contributed by atoms with E-state index in [2.05, 4.69) is 0 Å². The van der Waals surface area contributed by atoms with Crippen LogP contribution >= 0.6 is 0 Å². The first-order valence-corrected chi connectivity index (χ1v) is 5.24. The molecule has 3 nitrogen and oxygen atoms in total. The highest BCUT2D eigenvalue weighted by molar-refractivity contribution is 5.79. The van der Waals surface area contributed by atoms with Gasteiger partial charge in [0.2, 0.25) is 6.86 Å². The minimum Gasteiger partial charge on any atom is -0.493 e. The summed E-state index contributed by atoms with van der Waals surface area (Å²) in [5.74, 6) is 1.49. The van der Waals surface area contributed by atoms with Crippen molar-refractivity contribution in [1.29, 1.82) is 0 Å². The van der Waals surface area contributed by atoms with E-state index in [1.54, 1.807) is 18.2 Å². The summed E-state index contributed by atoms with van der Waals surface area (Å²) < 4.78 is 22.3. The fraction of sp³-hybridized carbons (Fsp3) is 0.417. The standard InChI is InChI=1S/C12H13FO3/c13-8-16-12-5-11(4-3-10(12)6-14)15-7-9-1-2-9/h3-6,9H,1-2,7-8H2. The van der Waals surface area contributed by atoms with Gasteiger partial charge in [-0.25, -0.2) is 4.39 Å². The number of halogens is 1. The quantitative estimate of drug-likeness (QED) is 0.697. The van der Waals surface area contributed by atoms with Gasteiger partial charge >= 0.3 is 0 Å². The van der Waals surface area contributed by atoms with Crippen LogP contribution in [0.3, 0.4) is 0 Å². The van der Waals surface area contributed by atoms with Crippen LogP contribution in [0.1, 0.15) is 23.2 Å². The zero-order valence-electron chi connectivity index (χ0n) is 8.82. The van der Waals surface area contributed by atoms with Crippen molar-refractivity contribution in [3.05, 3.63) is 23.8 Å². The molecule has 0 saturated heterocycles. The molecule has 1 saturated carbocycles. The van der Waals surface area contributed by atoms with E-state index in [9.17, 15) is 9.18 Å². The molecule has 4 heteroatoms. The van der Waals surface area contributed by atoms with Gasteiger partial charge in [-0.05, 0) is 30.9 Å². The van der Waals surface area contributed by atoms with Gasteiger partial charge in [0.25, 0.3) is 0 Å². The van der Waals surface area contributed by atoms with Gasteiger partial charge in [0.1, 0.15) is 11.5 Å². The average molecular weight is 224 g/mol. The lowest BCUT2D eigenvalue weighted by Gasteiger charge is -2.09. The van der Waals surface area contributed by atoms with Gasteiger partial charge in [-0.3, -0.25) is 4.79 Å². The van der Waals surface area contributed by atoms with Crippen LogP contribution in [-0.4, -0.2) is 19.8 Å². The Balaban J connectivity index is 2.06. The Hall–Kier alpha value is -1.58. The number of carbonyl (C=O) groups is 1. The number of hydrogen-bond acceptors (Lipinski definition) is 3. The zero-order valence-corrected chi connectivity index (χ0v) is 8.82. The molecule has 86 valence electrons. The van der Waals surface area contributed by atoms with Crippen LogP contribution in [0.25, 0.3) is 0 Å². The summed E-state index contributed by atoms with van der Waals surface area (Å²) in [6, 6.07) is 4.81. The maximum atomic E-state index is 12.1. The molecule has 1 aromatic rings. The highest BCUT2D eigenvalue weighted by Crippen LogP contribution is 2.30. The molecule has 1 aliphatic carbocycles. The summed E-state index contributed by atoms with van der Waals surface area (Å²) >= 11 is 0. The molecule has 0 N–H and O–H groups in total. The number of benzene rings is 1. The average Bonchev–Trinajstić information content (AvgIpc) is 3.11. The Morgan fingerprint density at radius 3 is 2.81 bits per heavy atom. The Morgan fingerprint density at radius 1 is 1.38 bits per heavy atom. The molecule has 0 atom stereocenters. The number of carbonyl (C=O) groups excluding carboxylic acids is 1. The molecule has 1 aliphatic rings. The van der Waals surface area contributed by atoms with E-state index >= 15 is 0 Å². The molecule has 0 unspecified atom stereocenters. The molecule has 2 rings (SSSR count). The Morgan fingerprint density at radius 2 is 2.19 bits per heavy atom. The third-order valence-corrected chi connectivity index (χ3v) is 2.50. The van der Waals surface area contributed by atoms with Crippen molar-refractivity contribution in [3.8, 4) is 11.5 Å². The van der Waals surface area contributed by atoms with Gasteiger partial charge in [-0.15, -0.1) is 0 Å². The summed E-state index contributed by atoms with van der Waals surface area (Å²) in [6.45, 7) is -0.275. The Labute approximate surface area is 93.2 Å². The minimum absolute atomic E-state index is 0.228. The van der Waals surface area contributed by atoms with Gasteiger partial charge in [0.15, 0.2) is 6.29 Å². The minimum atomic E-state index is -0.951. The molecule has 0 aliphatic heterocycles. The van der Waals surface area contributed by atoms with Crippen molar-refractivity contribution in [1.82, 2.24) is 0 Å². The van der Waals surface area contributed by atoms with Gasteiger partial charge in [-0.1, -0.05) is 0 Å². The lowest BCUT2D eigenvalue weighted by molar-refractivity contribution is 0.111. The molecule has 1 aromatic carbocycles. The fourth-order valence-corrected chi connectivity index (χ4v) is 1.38. The van der Waals surface area contributed by atoms with Crippen molar-refractivity contribution >= 4 is 6.29 Å². The topological polar surface area (TPSA) is 35.5 Å². The van der Waals surface area contributed by atoms with Crippen LogP contribution < -0.4 is 9.47 Å². The summed E-state index contributed by atoms with van der Waals surface area (Å²) in [7, 11) is 0. The van der Waals surface area contributed by atoms with Crippen LogP contribution in [0.4, 0.5) is 4.39 Å². The van der Waals surface area contributed by atoms with Crippen molar-refractivity contribution in [2.24, 2.45) is 5.92 Å². The second kappa shape index (κ2) is 4.96. The lowest BCUT2D eigenvalue weighted by Crippen LogP contribution is -2.01. The maximum absolute atomic E-state index is 12.1. The van der Waals surface area contributed by atoms with Crippen LogP contribution in [0.5, 0.6) is 11.5 Å². The first kappa shape index (κ1) is 10.9. The van der Waals surface area contributed by atoms with E-state index in [0.29, 0.717) is 30.1 Å². The first-order chi connectivity index (χ1) is 7.83. The number of alkyl halides is 1. The number of rotatable bonds is 6. The predicted molar refractivity (Wildman–Crippen MR) is 56.7 cm³/mol. The van der Waals surface area contributed by atoms with Gasteiger partial charge in [0.05, 0.1) is 12.2 Å². The fourth-order valence-electron chi connectivity index (χ4n) is 1.38. The molecular formula is C12H13FO3. The van der Waals surface area contributed by atoms with Crippen molar-refractivity contribution in [3.63, 3.8) is 0 Å². The van der Waals surface area contributed by atoms with Crippen LogP contribution in [-0.2, 0) is 0 Å². The third-order valence-electron chi connectivity index (χ3n) is 2.50. The number of aldehydes is 1. The molecule has 16 heavy (non-hydrogen) atoms. The monoisotopic (exact) mass is 224 g/mol.